The first-order chi connectivity index (χ1) is 7.65. The Bertz CT molecular complexity index is 404. The van der Waals surface area contributed by atoms with Gasteiger partial charge in [-0.25, -0.2) is 4.39 Å². The second-order valence-electron chi connectivity index (χ2n) is 4.11. The fourth-order valence-corrected chi connectivity index (χ4v) is 2.09. The highest BCUT2D eigenvalue weighted by molar-refractivity contribution is 9.10. The lowest BCUT2D eigenvalue weighted by Crippen LogP contribution is -2.40. The van der Waals surface area contributed by atoms with E-state index in [2.05, 4.69) is 21.2 Å². The lowest BCUT2D eigenvalue weighted by molar-refractivity contribution is -0.121. The van der Waals surface area contributed by atoms with Gasteiger partial charge in [0, 0.05) is 10.5 Å². The van der Waals surface area contributed by atoms with Crippen molar-refractivity contribution in [1.29, 1.82) is 0 Å². The molecular formula is C12H13BrFNO. The number of carbonyl (C=O) groups excluding carboxylic acids is 1. The molecule has 1 aromatic rings. The van der Waals surface area contributed by atoms with E-state index in [0.717, 1.165) is 17.3 Å². The summed E-state index contributed by atoms with van der Waals surface area (Å²) >= 11 is 3.26. The van der Waals surface area contributed by atoms with Crippen molar-refractivity contribution in [2.24, 2.45) is 0 Å². The number of halogens is 2. The number of hydrogen-bond acceptors (Lipinski definition) is 1. The molecule has 2 rings (SSSR count). The van der Waals surface area contributed by atoms with Crippen LogP contribution in [-0.2, 0) is 11.2 Å². The first kappa shape index (κ1) is 11.6. The topological polar surface area (TPSA) is 29.1 Å². The van der Waals surface area contributed by atoms with Gasteiger partial charge in [0.2, 0.25) is 5.91 Å². The number of amides is 1. The summed E-state index contributed by atoms with van der Waals surface area (Å²) in [5, 5.41) is 2.89. The van der Waals surface area contributed by atoms with Gasteiger partial charge in [-0.05, 0) is 43.0 Å². The molecule has 2 nitrogen and oxygen atoms in total. The Balaban J connectivity index is 1.96. The van der Waals surface area contributed by atoms with Gasteiger partial charge in [-0.3, -0.25) is 4.79 Å². The molecule has 0 aromatic heterocycles. The first-order valence-corrected chi connectivity index (χ1v) is 6.18. The lowest BCUT2D eigenvalue weighted by Gasteiger charge is -2.26. The molecule has 1 aromatic carbocycles. The zero-order chi connectivity index (χ0) is 11.5. The molecule has 0 atom stereocenters. The molecule has 0 bridgehead atoms. The van der Waals surface area contributed by atoms with Crippen LogP contribution in [0.5, 0.6) is 0 Å². The number of nitrogens with one attached hydrogen (secondary N) is 1. The van der Waals surface area contributed by atoms with E-state index in [9.17, 15) is 9.18 Å². The largest absolute Gasteiger partial charge is 0.353 e. The van der Waals surface area contributed by atoms with Crippen LogP contribution in [0.2, 0.25) is 0 Å². The maximum Gasteiger partial charge on any atom is 0.224 e. The minimum absolute atomic E-state index is 0.0956. The quantitative estimate of drug-likeness (QED) is 0.909. The molecular weight excluding hydrogens is 273 g/mol. The number of benzene rings is 1. The van der Waals surface area contributed by atoms with Crippen LogP contribution < -0.4 is 5.32 Å². The minimum atomic E-state index is -0.327. The van der Waals surface area contributed by atoms with Crippen LogP contribution in [0.15, 0.2) is 22.7 Å². The predicted molar refractivity (Wildman–Crippen MR) is 63.6 cm³/mol. The molecule has 86 valence electrons. The van der Waals surface area contributed by atoms with Gasteiger partial charge in [0.25, 0.3) is 0 Å². The lowest BCUT2D eigenvalue weighted by atomic mass is 9.93. The van der Waals surface area contributed by atoms with E-state index in [1.807, 2.05) is 0 Å². The molecule has 1 saturated carbocycles. The summed E-state index contributed by atoms with van der Waals surface area (Å²) in [5.74, 6) is -0.423. The van der Waals surface area contributed by atoms with Crippen molar-refractivity contribution in [3.05, 3.63) is 34.1 Å². The van der Waals surface area contributed by atoms with Crippen LogP contribution in [0.3, 0.4) is 0 Å². The summed E-state index contributed by atoms with van der Waals surface area (Å²) in [6, 6.07) is 4.96. The van der Waals surface area contributed by atoms with Crippen LogP contribution in [0.25, 0.3) is 0 Å². The van der Waals surface area contributed by atoms with Gasteiger partial charge in [-0.15, -0.1) is 0 Å². The number of rotatable bonds is 3. The molecule has 4 heteroatoms. The van der Waals surface area contributed by atoms with E-state index in [-0.39, 0.29) is 18.1 Å². The predicted octanol–water partition coefficient (Wildman–Crippen LogP) is 2.80. The van der Waals surface area contributed by atoms with Crippen LogP contribution >= 0.6 is 15.9 Å². The van der Waals surface area contributed by atoms with E-state index in [0.29, 0.717) is 11.6 Å². The Labute approximate surface area is 102 Å². The molecule has 0 heterocycles. The minimum Gasteiger partial charge on any atom is -0.353 e. The van der Waals surface area contributed by atoms with Crippen molar-refractivity contribution >= 4 is 21.8 Å². The van der Waals surface area contributed by atoms with Gasteiger partial charge < -0.3 is 5.32 Å². The van der Waals surface area contributed by atoms with Crippen molar-refractivity contribution < 1.29 is 9.18 Å². The fourth-order valence-electron chi connectivity index (χ4n) is 1.68. The van der Waals surface area contributed by atoms with Crippen LogP contribution in [0.4, 0.5) is 4.39 Å². The Hall–Kier alpha value is -0.900. The van der Waals surface area contributed by atoms with Crippen molar-refractivity contribution in [2.75, 3.05) is 0 Å². The average molecular weight is 286 g/mol. The highest BCUT2D eigenvalue weighted by Crippen LogP contribution is 2.19. The molecule has 1 N–H and O–H groups in total. The smallest absolute Gasteiger partial charge is 0.224 e. The zero-order valence-electron chi connectivity index (χ0n) is 8.80. The molecule has 1 aliphatic rings. The molecule has 0 saturated heterocycles. The van der Waals surface area contributed by atoms with Crippen LogP contribution in [0.1, 0.15) is 24.8 Å². The van der Waals surface area contributed by atoms with Gasteiger partial charge >= 0.3 is 0 Å². The highest BCUT2D eigenvalue weighted by atomic mass is 79.9. The van der Waals surface area contributed by atoms with Gasteiger partial charge in [0.1, 0.15) is 5.82 Å². The molecule has 0 radical (unpaired) electrons. The van der Waals surface area contributed by atoms with Crippen molar-refractivity contribution in [3.63, 3.8) is 0 Å². The zero-order valence-corrected chi connectivity index (χ0v) is 10.4. The molecule has 1 amide bonds. The summed E-state index contributed by atoms with van der Waals surface area (Å²) in [5.41, 5.74) is 0.436. The van der Waals surface area contributed by atoms with Gasteiger partial charge in [-0.1, -0.05) is 15.9 Å². The SMILES string of the molecule is O=C(Cc1cc(Br)ccc1F)NC1CCC1. The summed E-state index contributed by atoms with van der Waals surface area (Å²) in [6.07, 6.45) is 3.39. The van der Waals surface area contributed by atoms with E-state index in [1.165, 1.54) is 12.5 Å². The highest BCUT2D eigenvalue weighted by Gasteiger charge is 2.19. The van der Waals surface area contributed by atoms with E-state index < -0.39 is 0 Å². The second-order valence-corrected chi connectivity index (χ2v) is 5.02. The normalized spacial score (nSPS) is 15.6. The molecule has 0 spiro atoms. The molecule has 1 aliphatic carbocycles. The number of carbonyl (C=O) groups is 1. The third-order valence-electron chi connectivity index (χ3n) is 2.83. The van der Waals surface area contributed by atoms with Crippen LogP contribution in [-0.4, -0.2) is 11.9 Å². The fraction of sp³-hybridized carbons (Fsp3) is 0.417. The maximum atomic E-state index is 13.4. The summed E-state index contributed by atoms with van der Waals surface area (Å²) in [7, 11) is 0. The molecule has 1 fully saturated rings. The van der Waals surface area contributed by atoms with E-state index in [4.69, 9.17) is 0 Å². The maximum absolute atomic E-state index is 13.4. The Kier molecular flexibility index (Phi) is 3.59. The van der Waals surface area contributed by atoms with Crippen molar-refractivity contribution in [2.45, 2.75) is 31.7 Å². The van der Waals surface area contributed by atoms with Gasteiger partial charge in [0.15, 0.2) is 0 Å². The standard InChI is InChI=1S/C12H13BrFNO/c13-9-4-5-11(14)8(6-9)7-12(16)15-10-2-1-3-10/h4-6,10H,1-3,7H2,(H,15,16). The van der Waals surface area contributed by atoms with Crippen LogP contribution in [0, 0.1) is 5.82 Å². The Morgan fingerprint density at radius 1 is 1.50 bits per heavy atom. The average Bonchev–Trinajstić information content (AvgIpc) is 2.18. The summed E-state index contributed by atoms with van der Waals surface area (Å²) < 4.78 is 14.2. The summed E-state index contributed by atoms with van der Waals surface area (Å²) in [6.45, 7) is 0. The molecule has 0 unspecified atom stereocenters. The van der Waals surface area contributed by atoms with Gasteiger partial charge in [-0.2, -0.15) is 0 Å². The second kappa shape index (κ2) is 4.95. The van der Waals surface area contributed by atoms with E-state index in [1.54, 1.807) is 12.1 Å². The Morgan fingerprint density at radius 2 is 2.25 bits per heavy atom. The third kappa shape index (κ3) is 2.82. The summed E-state index contributed by atoms with van der Waals surface area (Å²) in [4.78, 5) is 11.6. The Morgan fingerprint density at radius 3 is 2.88 bits per heavy atom. The van der Waals surface area contributed by atoms with Crippen molar-refractivity contribution in [3.8, 4) is 0 Å². The molecule has 16 heavy (non-hydrogen) atoms. The van der Waals surface area contributed by atoms with E-state index >= 15 is 0 Å². The third-order valence-corrected chi connectivity index (χ3v) is 3.32. The van der Waals surface area contributed by atoms with Gasteiger partial charge in [0.05, 0.1) is 6.42 Å². The monoisotopic (exact) mass is 285 g/mol. The first-order valence-electron chi connectivity index (χ1n) is 5.38. The van der Waals surface area contributed by atoms with Crippen molar-refractivity contribution in [1.82, 2.24) is 5.32 Å². The number of hydrogen-bond donors (Lipinski definition) is 1. The molecule has 0 aliphatic heterocycles.